The van der Waals surface area contributed by atoms with E-state index < -0.39 is 12.1 Å². The molecule has 2 amide bonds. The molecule has 0 spiro atoms. The Bertz CT molecular complexity index is 850. The van der Waals surface area contributed by atoms with Gasteiger partial charge >= 0.3 is 0 Å². The number of imide groups is 1. The van der Waals surface area contributed by atoms with E-state index in [1.165, 1.54) is 0 Å². The molecule has 0 saturated carbocycles. The molecule has 24 heavy (non-hydrogen) atoms. The second-order valence-electron chi connectivity index (χ2n) is 5.43. The van der Waals surface area contributed by atoms with Crippen molar-refractivity contribution in [3.05, 3.63) is 75.1 Å². The zero-order valence-corrected chi connectivity index (χ0v) is 14.5. The molecule has 2 aromatic rings. The first-order chi connectivity index (χ1) is 11.5. The van der Waals surface area contributed by atoms with Gasteiger partial charge in [-0.25, -0.2) is 4.90 Å². The van der Waals surface area contributed by atoms with E-state index in [2.05, 4.69) is 0 Å². The molecule has 3 rings (SSSR count). The van der Waals surface area contributed by atoms with Gasteiger partial charge in [-0.2, -0.15) is 0 Å². The van der Waals surface area contributed by atoms with Crippen LogP contribution in [0.15, 0.2) is 53.4 Å². The standard InChI is InChI=1S/C18H15ClN2O2S/c1-11-5-4-7-13(9-11)16(20)21-17(22)15(24-18(21)23)10-12-6-2-3-8-14(12)19/h2-10,16H,20H2,1H3/b15-10-. The molecule has 1 aliphatic rings. The van der Waals surface area contributed by atoms with Crippen molar-refractivity contribution in [1.82, 2.24) is 4.90 Å². The topological polar surface area (TPSA) is 63.4 Å². The van der Waals surface area contributed by atoms with E-state index in [-0.39, 0.29) is 5.24 Å². The summed E-state index contributed by atoms with van der Waals surface area (Å²) in [5, 5.41) is 0.139. The van der Waals surface area contributed by atoms with Crippen LogP contribution < -0.4 is 5.73 Å². The number of nitrogens with two attached hydrogens (primary N) is 1. The lowest BCUT2D eigenvalue weighted by molar-refractivity contribution is -0.124. The van der Waals surface area contributed by atoms with E-state index in [0.29, 0.717) is 15.5 Å². The number of benzene rings is 2. The second kappa shape index (κ2) is 6.81. The third kappa shape index (κ3) is 3.24. The maximum Gasteiger partial charge on any atom is 0.295 e. The molecule has 0 aliphatic carbocycles. The van der Waals surface area contributed by atoms with Crippen molar-refractivity contribution in [3.63, 3.8) is 0 Å². The maximum absolute atomic E-state index is 12.6. The summed E-state index contributed by atoms with van der Waals surface area (Å²) in [6.45, 7) is 1.93. The molecular weight excluding hydrogens is 344 g/mol. The van der Waals surface area contributed by atoms with Crippen LogP contribution in [-0.4, -0.2) is 16.0 Å². The van der Waals surface area contributed by atoms with Gasteiger partial charge in [-0.05, 0) is 42.0 Å². The van der Waals surface area contributed by atoms with Crippen molar-refractivity contribution in [1.29, 1.82) is 0 Å². The van der Waals surface area contributed by atoms with Gasteiger partial charge in [-0.15, -0.1) is 0 Å². The van der Waals surface area contributed by atoms with Crippen LogP contribution in [0.1, 0.15) is 22.9 Å². The van der Waals surface area contributed by atoms with E-state index in [0.717, 1.165) is 27.8 Å². The quantitative estimate of drug-likeness (QED) is 0.829. The molecule has 4 nitrogen and oxygen atoms in total. The maximum atomic E-state index is 12.6. The molecular formula is C18H15ClN2O2S. The number of rotatable bonds is 3. The molecule has 6 heteroatoms. The smallest absolute Gasteiger partial charge is 0.295 e. The monoisotopic (exact) mass is 358 g/mol. The molecule has 2 aromatic carbocycles. The Morgan fingerprint density at radius 2 is 1.92 bits per heavy atom. The zero-order chi connectivity index (χ0) is 17.3. The number of thioether (sulfide) groups is 1. The zero-order valence-electron chi connectivity index (χ0n) is 12.9. The van der Waals surface area contributed by atoms with Crippen molar-refractivity contribution in [3.8, 4) is 0 Å². The molecule has 1 aliphatic heterocycles. The molecule has 2 N–H and O–H groups in total. The Kier molecular flexibility index (Phi) is 4.76. The van der Waals surface area contributed by atoms with Crippen molar-refractivity contribution in [2.75, 3.05) is 0 Å². The minimum Gasteiger partial charge on any atom is -0.307 e. The van der Waals surface area contributed by atoms with Gasteiger partial charge in [-0.3, -0.25) is 9.59 Å². The number of halogens is 1. The van der Waals surface area contributed by atoms with E-state index in [4.69, 9.17) is 17.3 Å². The Labute approximate surface area is 149 Å². The first kappa shape index (κ1) is 16.8. The van der Waals surface area contributed by atoms with E-state index >= 15 is 0 Å². The lowest BCUT2D eigenvalue weighted by Gasteiger charge is -2.21. The largest absolute Gasteiger partial charge is 0.307 e. The third-order valence-corrected chi connectivity index (χ3v) is 4.91. The summed E-state index contributed by atoms with van der Waals surface area (Å²) in [5.41, 5.74) is 8.58. The van der Waals surface area contributed by atoms with E-state index in [1.807, 2.05) is 31.2 Å². The van der Waals surface area contributed by atoms with Crippen LogP contribution in [0.2, 0.25) is 5.02 Å². The van der Waals surface area contributed by atoms with Gasteiger partial charge < -0.3 is 5.73 Å². The third-order valence-electron chi connectivity index (χ3n) is 3.68. The average molecular weight is 359 g/mol. The second-order valence-corrected chi connectivity index (χ2v) is 6.83. The van der Waals surface area contributed by atoms with Crippen LogP contribution in [0, 0.1) is 6.92 Å². The lowest BCUT2D eigenvalue weighted by atomic mass is 10.1. The first-order valence-corrected chi connectivity index (χ1v) is 8.50. The molecule has 0 radical (unpaired) electrons. The molecule has 0 bridgehead atoms. The number of carbonyl (C=O) groups excluding carboxylic acids is 2. The fraction of sp³-hybridized carbons (Fsp3) is 0.111. The fourth-order valence-electron chi connectivity index (χ4n) is 2.46. The Hall–Kier alpha value is -2.08. The Morgan fingerprint density at radius 3 is 2.62 bits per heavy atom. The summed E-state index contributed by atoms with van der Waals surface area (Å²) in [6.07, 6.45) is 0.811. The number of hydrogen-bond donors (Lipinski definition) is 1. The molecule has 0 aromatic heterocycles. The van der Waals surface area contributed by atoms with Crippen LogP contribution in [0.25, 0.3) is 6.08 Å². The summed E-state index contributed by atoms with van der Waals surface area (Å²) in [4.78, 5) is 26.3. The highest BCUT2D eigenvalue weighted by Crippen LogP contribution is 2.37. The molecule has 1 unspecified atom stereocenters. The number of nitrogens with zero attached hydrogens (tertiary/aromatic N) is 1. The highest BCUT2D eigenvalue weighted by atomic mass is 35.5. The van der Waals surface area contributed by atoms with E-state index in [1.54, 1.807) is 30.3 Å². The predicted molar refractivity (Wildman–Crippen MR) is 97.4 cm³/mol. The number of carbonyl (C=O) groups is 2. The van der Waals surface area contributed by atoms with Crippen molar-refractivity contribution < 1.29 is 9.59 Å². The van der Waals surface area contributed by atoms with Gasteiger partial charge in [0.1, 0.15) is 6.17 Å². The van der Waals surface area contributed by atoms with Gasteiger partial charge in [0.2, 0.25) is 0 Å². The lowest BCUT2D eigenvalue weighted by Crippen LogP contribution is -2.37. The molecule has 1 fully saturated rings. The minimum atomic E-state index is -0.811. The van der Waals surface area contributed by atoms with Crippen LogP contribution in [0.5, 0.6) is 0 Å². The highest BCUT2D eigenvalue weighted by Gasteiger charge is 2.39. The molecule has 1 saturated heterocycles. The molecule has 1 heterocycles. The fourth-order valence-corrected chi connectivity index (χ4v) is 3.50. The Morgan fingerprint density at radius 1 is 1.17 bits per heavy atom. The summed E-state index contributed by atoms with van der Waals surface area (Å²) >= 11 is 6.98. The predicted octanol–water partition coefficient (Wildman–Crippen LogP) is 4.34. The average Bonchev–Trinajstić information content (AvgIpc) is 2.83. The van der Waals surface area contributed by atoms with Gasteiger partial charge in [0.25, 0.3) is 11.1 Å². The van der Waals surface area contributed by atoms with Crippen molar-refractivity contribution in [2.45, 2.75) is 13.1 Å². The van der Waals surface area contributed by atoms with Crippen LogP contribution in [0.4, 0.5) is 4.79 Å². The van der Waals surface area contributed by atoms with Crippen molar-refractivity contribution in [2.24, 2.45) is 5.73 Å². The van der Waals surface area contributed by atoms with Crippen LogP contribution in [0.3, 0.4) is 0 Å². The van der Waals surface area contributed by atoms with Gasteiger partial charge in [0.05, 0.1) is 4.91 Å². The number of amides is 2. The molecule has 1 atom stereocenters. The summed E-state index contributed by atoms with van der Waals surface area (Å²) in [7, 11) is 0. The summed E-state index contributed by atoms with van der Waals surface area (Å²) < 4.78 is 0. The van der Waals surface area contributed by atoms with Crippen LogP contribution >= 0.6 is 23.4 Å². The van der Waals surface area contributed by atoms with Gasteiger partial charge in [0, 0.05) is 5.02 Å². The van der Waals surface area contributed by atoms with Gasteiger partial charge in [0.15, 0.2) is 0 Å². The number of aryl methyl sites for hydroxylation is 1. The van der Waals surface area contributed by atoms with Crippen molar-refractivity contribution >= 4 is 40.6 Å². The first-order valence-electron chi connectivity index (χ1n) is 7.31. The van der Waals surface area contributed by atoms with Gasteiger partial charge in [-0.1, -0.05) is 59.6 Å². The van der Waals surface area contributed by atoms with Crippen LogP contribution in [-0.2, 0) is 4.79 Å². The minimum absolute atomic E-state index is 0.316. The Balaban J connectivity index is 1.91. The SMILES string of the molecule is Cc1cccc(C(N)N2C(=O)S/C(=C\c3ccccc3Cl)C2=O)c1. The van der Waals surface area contributed by atoms with E-state index in [9.17, 15) is 9.59 Å². The summed E-state index contributed by atoms with van der Waals surface area (Å²) in [5.74, 6) is -0.404. The normalized spacial score (nSPS) is 17.6. The number of hydrogen-bond acceptors (Lipinski definition) is 4. The highest BCUT2D eigenvalue weighted by molar-refractivity contribution is 8.18. The summed E-state index contributed by atoms with van der Waals surface area (Å²) in [6, 6.07) is 14.6. The molecule has 122 valence electrons.